The molecule has 0 amide bonds. The van der Waals surface area contributed by atoms with E-state index in [4.69, 9.17) is 4.98 Å². The van der Waals surface area contributed by atoms with Crippen molar-refractivity contribution in [3.63, 3.8) is 0 Å². The Bertz CT molecular complexity index is 1660. The molecule has 0 unspecified atom stereocenters. The highest BCUT2D eigenvalue weighted by atomic mass is 32.2. The smallest absolute Gasteiger partial charge is 0.165 e. The van der Waals surface area contributed by atoms with E-state index in [1.807, 2.05) is 41.5 Å². The van der Waals surface area contributed by atoms with Crippen LogP contribution in [0.3, 0.4) is 0 Å². The summed E-state index contributed by atoms with van der Waals surface area (Å²) in [6, 6.07) is 2.01. The molecule has 3 aromatic rings. The second-order valence-corrected chi connectivity index (χ2v) is 11.5. The van der Waals surface area contributed by atoms with Crippen LogP contribution in [0.5, 0.6) is 0 Å². The highest BCUT2D eigenvalue weighted by Crippen LogP contribution is 2.35. The number of hydrogen-bond donors (Lipinski definition) is 1. The SMILES string of the molecule is O=S1(=O)CCC(c2nc3c(/C4=C/C=C(/C5=C/CC#CCN=C5)N=CCC4)cnn3c3[nH]ccc23)CC1. The van der Waals surface area contributed by atoms with Crippen LogP contribution in [0.4, 0.5) is 0 Å². The van der Waals surface area contributed by atoms with Crippen LogP contribution in [0.1, 0.15) is 49.3 Å². The van der Waals surface area contributed by atoms with Crippen LogP contribution in [0.15, 0.2) is 57.9 Å². The van der Waals surface area contributed by atoms with E-state index in [9.17, 15) is 8.42 Å². The van der Waals surface area contributed by atoms with E-state index >= 15 is 0 Å². The van der Waals surface area contributed by atoms with E-state index in [1.165, 1.54) is 0 Å². The van der Waals surface area contributed by atoms with Crippen molar-refractivity contribution in [1.29, 1.82) is 0 Å². The van der Waals surface area contributed by atoms with Crippen LogP contribution < -0.4 is 0 Å². The quantitative estimate of drug-likeness (QED) is 0.550. The first kappa shape index (κ1) is 22.7. The maximum atomic E-state index is 12.0. The van der Waals surface area contributed by atoms with Gasteiger partial charge in [0, 0.05) is 47.5 Å². The number of nitrogens with zero attached hydrogens (tertiary/aromatic N) is 5. The lowest BCUT2D eigenvalue weighted by atomic mass is 9.96. The lowest BCUT2D eigenvalue weighted by Crippen LogP contribution is -2.23. The first-order valence-corrected chi connectivity index (χ1v) is 14.1. The summed E-state index contributed by atoms with van der Waals surface area (Å²) in [7, 11) is -2.95. The maximum absolute atomic E-state index is 12.0. The molecule has 0 atom stereocenters. The molecule has 0 radical (unpaired) electrons. The Labute approximate surface area is 209 Å². The lowest BCUT2D eigenvalue weighted by molar-refractivity contribution is 0.546. The third kappa shape index (κ3) is 4.33. The van der Waals surface area contributed by atoms with Gasteiger partial charge in [-0.25, -0.2) is 13.4 Å². The van der Waals surface area contributed by atoms with E-state index in [1.54, 1.807) is 0 Å². The van der Waals surface area contributed by atoms with E-state index in [-0.39, 0.29) is 17.4 Å². The first-order chi connectivity index (χ1) is 17.6. The van der Waals surface area contributed by atoms with Crippen LogP contribution in [0, 0.1) is 11.8 Å². The topological polar surface area (TPSA) is 105 Å². The number of aliphatic imine (C=N–C) groups is 2. The van der Waals surface area contributed by atoms with Gasteiger partial charge < -0.3 is 4.98 Å². The van der Waals surface area contributed by atoms with Gasteiger partial charge in [0.2, 0.25) is 0 Å². The molecule has 0 aromatic carbocycles. The van der Waals surface area contributed by atoms with Crippen molar-refractivity contribution in [1.82, 2.24) is 19.6 Å². The molecule has 1 saturated heterocycles. The molecule has 1 fully saturated rings. The fourth-order valence-corrected chi connectivity index (χ4v) is 6.51. The Morgan fingerprint density at radius 2 is 2.03 bits per heavy atom. The fraction of sp³-hybridized carbons (Fsp3) is 0.333. The number of aromatic nitrogens is 4. The zero-order chi connectivity index (χ0) is 24.5. The molecule has 6 rings (SSSR count). The zero-order valence-corrected chi connectivity index (χ0v) is 20.6. The van der Waals surface area contributed by atoms with E-state index in [0.717, 1.165) is 57.6 Å². The first-order valence-electron chi connectivity index (χ1n) is 12.2. The van der Waals surface area contributed by atoms with Crippen molar-refractivity contribution in [3.8, 4) is 11.8 Å². The van der Waals surface area contributed by atoms with Gasteiger partial charge in [-0.1, -0.05) is 24.0 Å². The Morgan fingerprint density at radius 3 is 2.92 bits per heavy atom. The highest BCUT2D eigenvalue weighted by molar-refractivity contribution is 7.91. The van der Waals surface area contributed by atoms with Crippen molar-refractivity contribution < 1.29 is 8.42 Å². The molecule has 0 aliphatic carbocycles. The Morgan fingerprint density at radius 1 is 1.14 bits per heavy atom. The van der Waals surface area contributed by atoms with Gasteiger partial charge in [0.25, 0.3) is 0 Å². The van der Waals surface area contributed by atoms with Gasteiger partial charge >= 0.3 is 0 Å². The molecular formula is C27H26N6O2S. The Hall–Kier alpha value is -3.77. The minimum Gasteiger partial charge on any atom is -0.346 e. The molecule has 36 heavy (non-hydrogen) atoms. The molecule has 8 nitrogen and oxygen atoms in total. The highest BCUT2D eigenvalue weighted by Gasteiger charge is 2.28. The standard InChI is InChI=1S/C27H26N6O2S/c34-36(35)15-10-20(11-16-36)25-22-9-14-30-26(22)33-27(32-25)23(18-31-33)19-6-4-13-29-24(8-7-19)21-5-2-1-3-12-28-17-21/h5,7-9,13-14,17-18,20,30H,2,4,6,10-12,15-16H2/b19-7+,21-5+,24-8-,28-17?,29-13?. The van der Waals surface area contributed by atoms with Gasteiger partial charge in [-0.2, -0.15) is 9.61 Å². The van der Waals surface area contributed by atoms with Crippen molar-refractivity contribution in [2.24, 2.45) is 9.98 Å². The van der Waals surface area contributed by atoms with Crippen LogP contribution in [-0.2, 0) is 9.84 Å². The van der Waals surface area contributed by atoms with Crippen LogP contribution in [-0.4, -0.2) is 58.5 Å². The number of sulfone groups is 1. The van der Waals surface area contributed by atoms with Crippen molar-refractivity contribution >= 4 is 44.5 Å². The molecule has 3 aliphatic heterocycles. The number of rotatable bonds is 3. The molecule has 0 spiro atoms. The lowest BCUT2D eigenvalue weighted by Gasteiger charge is -2.22. The average Bonchev–Trinajstić information content (AvgIpc) is 3.47. The molecule has 3 aromatic heterocycles. The Balaban J connectivity index is 1.42. The third-order valence-electron chi connectivity index (χ3n) is 6.93. The normalized spacial score (nSPS) is 24.8. The minimum absolute atomic E-state index is 0.109. The number of H-pyrrole nitrogens is 1. The minimum atomic E-state index is -2.95. The third-order valence-corrected chi connectivity index (χ3v) is 8.65. The summed E-state index contributed by atoms with van der Waals surface area (Å²) in [4.78, 5) is 17.5. The largest absolute Gasteiger partial charge is 0.346 e. The van der Waals surface area contributed by atoms with Gasteiger partial charge in [-0.05, 0) is 43.4 Å². The van der Waals surface area contributed by atoms with Crippen LogP contribution >= 0.6 is 0 Å². The summed E-state index contributed by atoms with van der Waals surface area (Å²) in [6.45, 7) is 0.506. The van der Waals surface area contributed by atoms with Gasteiger partial charge in [-0.3, -0.25) is 9.98 Å². The second-order valence-electron chi connectivity index (χ2n) is 9.24. The van der Waals surface area contributed by atoms with E-state index in [2.05, 4.69) is 44.1 Å². The maximum Gasteiger partial charge on any atom is 0.165 e. The van der Waals surface area contributed by atoms with E-state index in [0.29, 0.717) is 25.8 Å². The molecule has 3 aliphatic rings. The fourth-order valence-electron chi connectivity index (χ4n) is 5.02. The van der Waals surface area contributed by atoms with Gasteiger partial charge in [0.05, 0.1) is 35.6 Å². The summed E-state index contributed by atoms with van der Waals surface area (Å²) in [6.07, 6.45) is 17.3. The number of aromatic amines is 1. The summed E-state index contributed by atoms with van der Waals surface area (Å²) < 4.78 is 25.9. The van der Waals surface area contributed by atoms with Crippen molar-refractivity contribution in [2.75, 3.05) is 18.1 Å². The predicted molar refractivity (Wildman–Crippen MR) is 143 cm³/mol. The van der Waals surface area contributed by atoms with Crippen molar-refractivity contribution in [3.05, 3.63) is 59.2 Å². The summed E-state index contributed by atoms with van der Waals surface area (Å²) >= 11 is 0. The molecular weight excluding hydrogens is 472 g/mol. The monoisotopic (exact) mass is 498 g/mol. The van der Waals surface area contributed by atoms with Gasteiger partial charge in [-0.15, -0.1) is 0 Å². The molecule has 0 saturated carbocycles. The van der Waals surface area contributed by atoms with Crippen molar-refractivity contribution in [2.45, 2.75) is 38.0 Å². The summed E-state index contributed by atoms with van der Waals surface area (Å²) in [5, 5.41) is 5.67. The summed E-state index contributed by atoms with van der Waals surface area (Å²) in [5.41, 5.74) is 6.57. The predicted octanol–water partition coefficient (Wildman–Crippen LogP) is 4.04. The zero-order valence-electron chi connectivity index (χ0n) is 19.8. The summed E-state index contributed by atoms with van der Waals surface area (Å²) in [5.74, 6) is 6.64. The van der Waals surface area contributed by atoms with Crippen LogP contribution in [0.25, 0.3) is 22.3 Å². The molecule has 9 heteroatoms. The number of nitrogens with one attached hydrogen (secondary N) is 1. The molecule has 0 bridgehead atoms. The molecule has 6 heterocycles. The number of allylic oxidation sites excluding steroid dienone is 5. The van der Waals surface area contributed by atoms with Crippen LogP contribution in [0.2, 0.25) is 0 Å². The second kappa shape index (κ2) is 9.36. The molecule has 1 N–H and O–H groups in total. The number of hydrogen-bond acceptors (Lipinski definition) is 6. The number of fused-ring (bicyclic) bond motifs is 3. The van der Waals surface area contributed by atoms with E-state index < -0.39 is 9.84 Å². The van der Waals surface area contributed by atoms with Gasteiger partial charge in [0.15, 0.2) is 5.65 Å². The molecule has 182 valence electrons. The Kier molecular flexibility index (Phi) is 5.89. The van der Waals surface area contributed by atoms with Gasteiger partial charge in [0.1, 0.15) is 15.5 Å². The average molecular weight is 499 g/mol.